The first-order valence-corrected chi connectivity index (χ1v) is 12.1. The fourth-order valence-electron chi connectivity index (χ4n) is 4.87. The third kappa shape index (κ3) is 5.39. The first-order valence-electron chi connectivity index (χ1n) is 12.1. The number of likely N-dealkylation sites (tertiary alicyclic amines) is 1. The number of fused-ring (bicyclic) bond motifs is 1. The van der Waals surface area contributed by atoms with Crippen LogP contribution in [0.25, 0.3) is 5.57 Å². The van der Waals surface area contributed by atoms with Gasteiger partial charge in [-0.3, -0.25) is 19.7 Å². The van der Waals surface area contributed by atoms with Gasteiger partial charge in [-0.15, -0.1) is 0 Å². The van der Waals surface area contributed by atoms with Gasteiger partial charge in [0.2, 0.25) is 0 Å². The van der Waals surface area contributed by atoms with Crippen LogP contribution in [-0.4, -0.2) is 66.4 Å². The topological polar surface area (TPSA) is 93.7 Å². The molecule has 1 saturated heterocycles. The Kier molecular flexibility index (Phi) is 6.70. The predicted molar refractivity (Wildman–Crippen MR) is 135 cm³/mol. The van der Waals surface area contributed by atoms with E-state index in [1.807, 2.05) is 35.4 Å². The quantitative estimate of drug-likeness (QED) is 0.694. The SMILES string of the molecule is N#Cc1ccc(NC(=O)C2=NCCCc3ccc(C4=C[C@H](CN5CCC(F)(F)C5)CN=C4)cc32)cn1. The van der Waals surface area contributed by atoms with Crippen molar-refractivity contribution in [1.82, 2.24) is 9.88 Å². The summed E-state index contributed by atoms with van der Waals surface area (Å²) in [6.07, 6.45) is 6.92. The lowest BCUT2D eigenvalue weighted by Crippen LogP contribution is -2.31. The first kappa shape index (κ1) is 23.9. The van der Waals surface area contributed by atoms with E-state index in [1.165, 1.54) is 6.20 Å². The molecule has 36 heavy (non-hydrogen) atoms. The molecule has 9 heteroatoms. The molecule has 0 bridgehead atoms. The number of nitriles is 1. The summed E-state index contributed by atoms with van der Waals surface area (Å²) in [5, 5.41) is 11.8. The van der Waals surface area contributed by atoms with Crippen molar-refractivity contribution in [2.24, 2.45) is 15.9 Å². The lowest BCUT2D eigenvalue weighted by atomic mass is 9.92. The number of alkyl halides is 2. The number of hydrogen-bond donors (Lipinski definition) is 1. The number of dihydropyridines is 1. The Morgan fingerprint density at radius 2 is 2.17 bits per heavy atom. The molecule has 2 aromatic rings. The van der Waals surface area contributed by atoms with Gasteiger partial charge in [0.1, 0.15) is 17.5 Å². The third-order valence-corrected chi connectivity index (χ3v) is 6.65. The lowest BCUT2D eigenvalue weighted by Gasteiger charge is -2.23. The monoisotopic (exact) mass is 488 g/mol. The predicted octanol–water partition coefficient (Wildman–Crippen LogP) is 3.75. The molecule has 1 amide bonds. The minimum Gasteiger partial charge on any atom is -0.319 e. The maximum Gasteiger partial charge on any atom is 0.274 e. The van der Waals surface area contributed by atoms with Crippen LogP contribution in [0.4, 0.5) is 14.5 Å². The number of nitrogens with one attached hydrogen (secondary N) is 1. The summed E-state index contributed by atoms with van der Waals surface area (Å²) in [6, 6.07) is 11.2. The molecule has 3 aliphatic rings. The van der Waals surface area contributed by atoms with E-state index in [0.717, 1.165) is 35.1 Å². The molecule has 1 aromatic heterocycles. The van der Waals surface area contributed by atoms with E-state index >= 15 is 0 Å². The van der Waals surface area contributed by atoms with E-state index in [2.05, 4.69) is 26.4 Å². The van der Waals surface area contributed by atoms with Crippen molar-refractivity contribution in [3.63, 3.8) is 0 Å². The zero-order valence-corrected chi connectivity index (χ0v) is 19.8. The standard InChI is InChI=1S/C27H26F2N6O/c28-27(29)7-9-35(17-27)16-18-10-21(14-31-13-18)20-4-3-19-2-1-8-32-25(24(19)11-20)26(36)34-23-6-5-22(12-30)33-15-23/h3-6,10-11,14-15,18H,1-2,7-9,13,16-17H2,(H,34,36)/t18-/m0/s1. The van der Waals surface area contributed by atoms with Crippen LogP contribution in [-0.2, 0) is 11.2 Å². The van der Waals surface area contributed by atoms with Gasteiger partial charge in [-0.2, -0.15) is 5.26 Å². The third-order valence-electron chi connectivity index (χ3n) is 6.65. The summed E-state index contributed by atoms with van der Waals surface area (Å²) in [5.74, 6) is -2.88. The van der Waals surface area contributed by atoms with Gasteiger partial charge >= 0.3 is 0 Å². The minimum atomic E-state index is -2.61. The fraction of sp³-hybridized carbons (Fsp3) is 0.370. The van der Waals surface area contributed by atoms with E-state index in [1.54, 1.807) is 12.1 Å². The molecule has 5 rings (SSSR count). The van der Waals surface area contributed by atoms with Gasteiger partial charge < -0.3 is 5.32 Å². The van der Waals surface area contributed by atoms with Gasteiger partial charge in [0, 0.05) is 50.3 Å². The fourth-order valence-corrected chi connectivity index (χ4v) is 4.87. The molecule has 0 saturated carbocycles. The van der Waals surface area contributed by atoms with Crippen LogP contribution in [0.1, 0.15) is 35.2 Å². The highest BCUT2D eigenvalue weighted by atomic mass is 19.3. The summed E-state index contributed by atoms with van der Waals surface area (Å²) in [7, 11) is 0. The van der Waals surface area contributed by atoms with E-state index < -0.39 is 5.92 Å². The average molecular weight is 489 g/mol. The van der Waals surface area contributed by atoms with E-state index in [-0.39, 0.29) is 30.5 Å². The highest BCUT2D eigenvalue weighted by Crippen LogP contribution is 2.29. The molecule has 0 unspecified atom stereocenters. The molecule has 184 valence electrons. The second kappa shape index (κ2) is 10.1. The number of halogens is 2. The second-order valence-corrected chi connectivity index (χ2v) is 9.42. The number of carbonyl (C=O) groups is 1. The Bertz CT molecular complexity index is 1290. The molecule has 0 radical (unpaired) electrons. The number of rotatable bonds is 5. The molecule has 1 aromatic carbocycles. The summed E-state index contributed by atoms with van der Waals surface area (Å²) in [5.41, 5.74) is 4.77. The van der Waals surface area contributed by atoms with Crippen LogP contribution in [0.3, 0.4) is 0 Å². The van der Waals surface area contributed by atoms with Crippen molar-refractivity contribution in [3.05, 3.63) is 65.0 Å². The number of anilines is 1. The second-order valence-electron chi connectivity index (χ2n) is 9.42. The molecular formula is C27H26F2N6O. The largest absolute Gasteiger partial charge is 0.319 e. The Labute approximate surface area is 208 Å². The van der Waals surface area contributed by atoms with Crippen molar-refractivity contribution >= 4 is 29.1 Å². The number of pyridine rings is 1. The lowest BCUT2D eigenvalue weighted by molar-refractivity contribution is -0.110. The van der Waals surface area contributed by atoms with Gasteiger partial charge in [0.05, 0.1) is 18.4 Å². The number of nitrogens with zero attached hydrogens (tertiary/aromatic N) is 5. The van der Waals surface area contributed by atoms with Crippen LogP contribution in [0.5, 0.6) is 0 Å². The number of allylic oxidation sites excluding steroid dienone is 1. The molecule has 4 heterocycles. The molecular weight excluding hydrogens is 462 g/mol. The number of aryl methyl sites for hydroxylation is 1. The summed E-state index contributed by atoms with van der Waals surface area (Å²) in [6.45, 7) is 1.88. The zero-order chi connectivity index (χ0) is 25.1. The van der Waals surface area contributed by atoms with Gasteiger partial charge in [0.15, 0.2) is 0 Å². The number of benzene rings is 1. The van der Waals surface area contributed by atoms with Crippen molar-refractivity contribution in [3.8, 4) is 6.07 Å². The normalized spacial score (nSPS) is 21.1. The highest BCUT2D eigenvalue weighted by molar-refractivity contribution is 6.49. The van der Waals surface area contributed by atoms with E-state index in [9.17, 15) is 13.6 Å². The number of hydrogen-bond acceptors (Lipinski definition) is 6. The van der Waals surface area contributed by atoms with Crippen LogP contribution in [0.15, 0.2) is 52.6 Å². The van der Waals surface area contributed by atoms with Gasteiger partial charge in [0.25, 0.3) is 11.8 Å². The molecule has 7 nitrogen and oxygen atoms in total. The van der Waals surface area contributed by atoms with Crippen LogP contribution in [0.2, 0.25) is 0 Å². The summed E-state index contributed by atoms with van der Waals surface area (Å²) < 4.78 is 27.2. The van der Waals surface area contributed by atoms with Crippen molar-refractivity contribution in [2.75, 3.05) is 38.0 Å². The van der Waals surface area contributed by atoms with Crippen LogP contribution >= 0.6 is 0 Å². The molecule has 1 atom stereocenters. The van der Waals surface area contributed by atoms with Crippen molar-refractivity contribution in [1.29, 1.82) is 5.26 Å². The Morgan fingerprint density at radius 3 is 2.92 bits per heavy atom. The zero-order valence-electron chi connectivity index (χ0n) is 19.8. The molecule has 0 aliphatic carbocycles. The summed E-state index contributed by atoms with van der Waals surface area (Å²) in [4.78, 5) is 28.1. The Morgan fingerprint density at radius 1 is 1.28 bits per heavy atom. The number of amides is 1. The van der Waals surface area contributed by atoms with Crippen molar-refractivity contribution in [2.45, 2.75) is 25.2 Å². The minimum absolute atomic E-state index is 0.0537. The highest BCUT2D eigenvalue weighted by Gasteiger charge is 2.38. The van der Waals surface area contributed by atoms with Gasteiger partial charge in [-0.05, 0) is 47.7 Å². The molecule has 1 fully saturated rings. The number of carbonyl (C=O) groups excluding carboxylic acids is 1. The first-order chi connectivity index (χ1) is 17.4. The maximum absolute atomic E-state index is 13.6. The van der Waals surface area contributed by atoms with E-state index in [4.69, 9.17) is 5.26 Å². The smallest absolute Gasteiger partial charge is 0.274 e. The summed E-state index contributed by atoms with van der Waals surface area (Å²) >= 11 is 0. The average Bonchev–Trinajstić information content (AvgIpc) is 3.09. The molecule has 0 spiro atoms. The van der Waals surface area contributed by atoms with Gasteiger partial charge in [-0.25, -0.2) is 13.8 Å². The van der Waals surface area contributed by atoms with Gasteiger partial charge in [-0.1, -0.05) is 18.2 Å². The Hall–Kier alpha value is -3.77. The Balaban J connectivity index is 1.37. The molecule has 1 N–H and O–H groups in total. The van der Waals surface area contributed by atoms with E-state index in [0.29, 0.717) is 37.6 Å². The number of aromatic nitrogens is 1. The van der Waals surface area contributed by atoms with Crippen LogP contribution in [0, 0.1) is 17.2 Å². The van der Waals surface area contributed by atoms with Crippen LogP contribution < -0.4 is 5.32 Å². The molecule has 3 aliphatic heterocycles. The van der Waals surface area contributed by atoms with Crippen molar-refractivity contribution < 1.29 is 13.6 Å². The number of aliphatic imine (C=N–C) groups is 2. The maximum atomic E-state index is 13.6.